The second-order valence-corrected chi connectivity index (χ2v) is 6.84. The molecule has 3 aromatic rings. The molecule has 0 radical (unpaired) electrons. The zero-order valence-corrected chi connectivity index (χ0v) is 15.4. The fraction of sp³-hybridized carbons (Fsp3) is 0.176. The molecule has 0 saturated carbocycles. The molecule has 0 aliphatic carbocycles. The lowest BCUT2D eigenvalue weighted by Gasteiger charge is -2.10. The molecule has 2 amide bonds. The topological polar surface area (TPSA) is 84.7 Å². The second-order valence-electron chi connectivity index (χ2n) is 5.24. The summed E-state index contributed by atoms with van der Waals surface area (Å²) < 4.78 is 1.57. The van der Waals surface area contributed by atoms with Crippen molar-refractivity contribution in [1.29, 1.82) is 0 Å². The van der Waals surface area contributed by atoms with Crippen molar-refractivity contribution >= 4 is 29.4 Å². The highest BCUT2D eigenvalue weighted by atomic mass is 35.5. The maximum Gasteiger partial charge on any atom is 0.315 e. The summed E-state index contributed by atoms with van der Waals surface area (Å²) in [7, 11) is 0. The Bertz CT molecular complexity index is 841. The maximum atomic E-state index is 12.0. The van der Waals surface area contributed by atoms with Gasteiger partial charge < -0.3 is 10.6 Å². The van der Waals surface area contributed by atoms with Crippen LogP contribution in [0.1, 0.15) is 5.56 Å². The number of hydrogen-bond donors (Lipinski definition) is 2. The normalized spacial score (nSPS) is 10.5. The molecule has 2 heterocycles. The summed E-state index contributed by atoms with van der Waals surface area (Å²) in [5.41, 5.74) is 0.851. The minimum absolute atomic E-state index is 0.227. The van der Waals surface area contributed by atoms with E-state index in [1.165, 1.54) is 6.33 Å². The van der Waals surface area contributed by atoms with Gasteiger partial charge in [-0.05, 0) is 30.3 Å². The highest BCUT2D eigenvalue weighted by Gasteiger charge is 2.08. The first-order valence-corrected chi connectivity index (χ1v) is 9.28. The summed E-state index contributed by atoms with van der Waals surface area (Å²) in [4.78, 5) is 21.3. The number of carbonyl (C=O) groups excluding carboxylic acids is 1. The van der Waals surface area contributed by atoms with Gasteiger partial charge in [0, 0.05) is 40.5 Å². The van der Waals surface area contributed by atoms with Crippen LogP contribution in [0.4, 0.5) is 4.79 Å². The Morgan fingerprint density at radius 2 is 2.04 bits per heavy atom. The van der Waals surface area contributed by atoms with E-state index >= 15 is 0 Å². The number of urea groups is 1. The van der Waals surface area contributed by atoms with E-state index in [2.05, 4.69) is 25.7 Å². The summed E-state index contributed by atoms with van der Waals surface area (Å²) in [6.45, 7) is 0.904. The Morgan fingerprint density at radius 3 is 2.81 bits per heavy atom. The Kier molecular flexibility index (Phi) is 6.45. The van der Waals surface area contributed by atoms with Crippen LogP contribution in [0.15, 0.2) is 60.1 Å². The van der Waals surface area contributed by atoms with Gasteiger partial charge in [-0.15, -0.1) is 11.8 Å². The van der Waals surface area contributed by atoms with Crippen molar-refractivity contribution in [3.05, 3.63) is 65.8 Å². The molecule has 26 heavy (non-hydrogen) atoms. The molecule has 9 heteroatoms. The minimum atomic E-state index is -0.227. The Morgan fingerprint density at radius 1 is 1.19 bits per heavy atom. The van der Waals surface area contributed by atoms with E-state index < -0.39 is 0 Å². The molecule has 0 aliphatic heterocycles. The van der Waals surface area contributed by atoms with Gasteiger partial charge in [-0.25, -0.2) is 19.4 Å². The van der Waals surface area contributed by atoms with Gasteiger partial charge >= 0.3 is 6.03 Å². The first kappa shape index (κ1) is 18.2. The van der Waals surface area contributed by atoms with E-state index in [0.29, 0.717) is 23.9 Å². The molecule has 0 fully saturated rings. The smallest absolute Gasteiger partial charge is 0.315 e. The molecule has 1 aromatic carbocycles. The van der Waals surface area contributed by atoms with E-state index in [0.717, 1.165) is 16.2 Å². The number of nitrogens with zero attached hydrogens (tertiary/aromatic N) is 4. The van der Waals surface area contributed by atoms with Crippen molar-refractivity contribution in [3.63, 3.8) is 0 Å². The number of rotatable bonds is 7. The number of hydrogen-bond acceptors (Lipinski definition) is 5. The van der Waals surface area contributed by atoms with E-state index in [1.54, 1.807) is 29.0 Å². The van der Waals surface area contributed by atoms with Gasteiger partial charge in [-0.2, -0.15) is 5.10 Å². The number of nitrogens with one attached hydrogen (secondary N) is 2. The monoisotopic (exact) mass is 388 g/mol. The number of aromatic nitrogens is 4. The van der Waals surface area contributed by atoms with Crippen LogP contribution in [-0.4, -0.2) is 38.1 Å². The molecule has 2 N–H and O–H groups in total. The average Bonchev–Trinajstić information content (AvgIpc) is 3.20. The van der Waals surface area contributed by atoms with Gasteiger partial charge in [0.15, 0.2) is 5.82 Å². The third kappa shape index (κ3) is 5.21. The largest absolute Gasteiger partial charge is 0.337 e. The fourth-order valence-corrected chi connectivity index (χ4v) is 3.09. The molecule has 134 valence electrons. The number of benzene rings is 1. The van der Waals surface area contributed by atoms with E-state index in [-0.39, 0.29) is 6.03 Å². The number of pyridine rings is 1. The zero-order valence-electron chi connectivity index (χ0n) is 13.8. The highest BCUT2D eigenvalue weighted by Crippen LogP contribution is 2.19. The van der Waals surface area contributed by atoms with Gasteiger partial charge in [0.1, 0.15) is 12.7 Å². The molecule has 3 rings (SSSR count). The summed E-state index contributed by atoms with van der Waals surface area (Å²) >= 11 is 7.51. The first-order chi connectivity index (χ1) is 12.7. The van der Waals surface area contributed by atoms with Crippen molar-refractivity contribution in [1.82, 2.24) is 30.4 Å². The summed E-state index contributed by atoms with van der Waals surface area (Å²) in [5, 5.41) is 10.5. The van der Waals surface area contributed by atoms with Crippen LogP contribution in [0.3, 0.4) is 0 Å². The Balaban J connectivity index is 1.43. The van der Waals surface area contributed by atoms with Crippen LogP contribution >= 0.6 is 23.4 Å². The van der Waals surface area contributed by atoms with Crippen LogP contribution in [0.25, 0.3) is 5.82 Å². The van der Waals surface area contributed by atoms with Gasteiger partial charge in [0.05, 0.1) is 0 Å². The van der Waals surface area contributed by atoms with Crippen molar-refractivity contribution < 1.29 is 4.79 Å². The SMILES string of the molecule is O=C(NCCSc1ccc(Cl)cc1)NCc1cccnc1-n1cncn1. The summed E-state index contributed by atoms with van der Waals surface area (Å²) in [6.07, 6.45) is 4.69. The third-order valence-corrected chi connectivity index (χ3v) is 4.68. The molecule has 2 aromatic heterocycles. The summed E-state index contributed by atoms with van der Waals surface area (Å²) in [6, 6.07) is 11.1. The molecular formula is C17H17ClN6OS. The Labute approximate surface area is 160 Å². The first-order valence-electron chi connectivity index (χ1n) is 7.91. The van der Waals surface area contributed by atoms with Crippen LogP contribution in [0.2, 0.25) is 5.02 Å². The number of thioether (sulfide) groups is 1. The predicted molar refractivity (Wildman–Crippen MR) is 102 cm³/mol. The summed E-state index contributed by atoms with van der Waals surface area (Å²) in [5.74, 6) is 1.41. The minimum Gasteiger partial charge on any atom is -0.337 e. The lowest BCUT2D eigenvalue weighted by atomic mass is 10.2. The molecule has 0 atom stereocenters. The second kappa shape index (κ2) is 9.21. The van der Waals surface area contributed by atoms with Gasteiger partial charge in [0.2, 0.25) is 0 Å². The van der Waals surface area contributed by atoms with Crippen molar-refractivity contribution in [2.24, 2.45) is 0 Å². The molecular weight excluding hydrogens is 372 g/mol. The zero-order chi connectivity index (χ0) is 18.2. The molecule has 7 nitrogen and oxygen atoms in total. The average molecular weight is 389 g/mol. The molecule has 0 aliphatic rings. The van der Waals surface area contributed by atoms with Crippen molar-refractivity contribution in [2.75, 3.05) is 12.3 Å². The van der Waals surface area contributed by atoms with E-state index in [9.17, 15) is 4.79 Å². The number of amides is 2. The fourth-order valence-electron chi connectivity index (χ4n) is 2.19. The van der Waals surface area contributed by atoms with Gasteiger partial charge in [0.25, 0.3) is 0 Å². The standard InChI is InChI=1S/C17H17ClN6OS/c18-14-3-5-15(6-4-14)26-9-8-21-17(25)22-10-13-2-1-7-20-16(13)24-12-19-11-23-24/h1-7,11-12H,8-10H2,(H2,21,22,25). The van der Waals surface area contributed by atoms with E-state index in [1.807, 2.05) is 36.4 Å². The van der Waals surface area contributed by atoms with E-state index in [4.69, 9.17) is 11.6 Å². The number of carbonyl (C=O) groups is 1. The van der Waals surface area contributed by atoms with Crippen LogP contribution < -0.4 is 10.6 Å². The third-order valence-electron chi connectivity index (χ3n) is 3.41. The van der Waals surface area contributed by atoms with Gasteiger partial charge in [-0.3, -0.25) is 0 Å². The molecule has 0 unspecified atom stereocenters. The van der Waals surface area contributed by atoms with Crippen LogP contribution in [0.5, 0.6) is 0 Å². The highest BCUT2D eigenvalue weighted by molar-refractivity contribution is 7.99. The quantitative estimate of drug-likeness (QED) is 0.480. The Hall–Kier alpha value is -2.58. The van der Waals surface area contributed by atoms with Crippen molar-refractivity contribution in [3.8, 4) is 5.82 Å². The van der Waals surface area contributed by atoms with Gasteiger partial charge in [-0.1, -0.05) is 17.7 Å². The maximum absolute atomic E-state index is 12.0. The lowest BCUT2D eigenvalue weighted by Crippen LogP contribution is -2.36. The molecule has 0 saturated heterocycles. The van der Waals surface area contributed by atoms with Crippen LogP contribution in [0, 0.1) is 0 Å². The molecule has 0 bridgehead atoms. The predicted octanol–water partition coefficient (Wildman–Crippen LogP) is 2.91. The van der Waals surface area contributed by atoms with Crippen molar-refractivity contribution in [2.45, 2.75) is 11.4 Å². The molecule has 0 spiro atoms. The van der Waals surface area contributed by atoms with Crippen LogP contribution in [-0.2, 0) is 6.54 Å². The number of halogens is 1. The lowest BCUT2D eigenvalue weighted by molar-refractivity contribution is 0.241.